The van der Waals surface area contributed by atoms with Crippen LogP contribution in [0.15, 0.2) is 6.07 Å². The molecule has 6 heteroatoms. The SMILES string of the molecule is COCc1cc(N)nc(C(=O)OC)n1. The summed E-state index contributed by atoms with van der Waals surface area (Å²) in [7, 11) is 2.78. The summed E-state index contributed by atoms with van der Waals surface area (Å²) in [4.78, 5) is 18.7. The number of aromatic nitrogens is 2. The van der Waals surface area contributed by atoms with Crippen LogP contribution in [0.5, 0.6) is 0 Å². The Morgan fingerprint density at radius 1 is 1.50 bits per heavy atom. The van der Waals surface area contributed by atoms with Crippen LogP contribution >= 0.6 is 0 Å². The van der Waals surface area contributed by atoms with Gasteiger partial charge >= 0.3 is 5.97 Å². The molecule has 1 aromatic rings. The summed E-state index contributed by atoms with van der Waals surface area (Å²) in [5.41, 5.74) is 6.01. The van der Waals surface area contributed by atoms with E-state index < -0.39 is 5.97 Å². The molecule has 1 aromatic heterocycles. The summed E-state index contributed by atoms with van der Waals surface area (Å²) >= 11 is 0. The first kappa shape index (κ1) is 10.4. The van der Waals surface area contributed by atoms with E-state index in [2.05, 4.69) is 14.7 Å². The predicted molar refractivity (Wildman–Crippen MR) is 48.5 cm³/mol. The highest BCUT2D eigenvalue weighted by Crippen LogP contribution is 2.04. The number of hydrogen-bond donors (Lipinski definition) is 1. The fourth-order valence-electron chi connectivity index (χ4n) is 0.923. The van der Waals surface area contributed by atoms with Crippen LogP contribution < -0.4 is 5.73 Å². The molecule has 76 valence electrons. The van der Waals surface area contributed by atoms with Gasteiger partial charge in [0, 0.05) is 13.2 Å². The van der Waals surface area contributed by atoms with E-state index in [4.69, 9.17) is 10.5 Å². The van der Waals surface area contributed by atoms with Gasteiger partial charge in [0.25, 0.3) is 0 Å². The highest BCUT2D eigenvalue weighted by Gasteiger charge is 2.11. The molecule has 6 nitrogen and oxygen atoms in total. The molecule has 0 fully saturated rings. The first-order chi connectivity index (χ1) is 6.67. The van der Waals surface area contributed by atoms with E-state index in [1.54, 1.807) is 0 Å². The van der Waals surface area contributed by atoms with Crippen molar-refractivity contribution in [3.8, 4) is 0 Å². The average molecular weight is 197 g/mol. The van der Waals surface area contributed by atoms with Gasteiger partial charge in [0.2, 0.25) is 5.82 Å². The van der Waals surface area contributed by atoms with Gasteiger partial charge in [0.1, 0.15) is 5.82 Å². The second kappa shape index (κ2) is 4.52. The van der Waals surface area contributed by atoms with Crippen molar-refractivity contribution >= 4 is 11.8 Å². The molecule has 0 aromatic carbocycles. The summed E-state index contributed by atoms with van der Waals surface area (Å²) < 4.78 is 9.32. The molecule has 0 amide bonds. The lowest BCUT2D eigenvalue weighted by atomic mass is 10.4. The number of anilines is 1. The van der Waals surface area contributed by atoms with Crippen molar-refractivity contribution in [1.29, 1.82) is 0 Å². The molecule has 0 radical (unpaired) electrons. The molecule has 0 spiro atoms. The standard InChI is InChI=1S/C8H11N3O3/c1-13-4-5-3-6(9)11-7(10-5)8(12)14-2/h3H,4H2,1-2H3,(H2,9,10,11). The van der Waals surface area contributed by atoms with E-state index in [0.29, 0.717) is 5.69 Å². The van der Waals surface area contributed by atoms with Crippen LogP contribution in [0.25, 0.3) is 0 Å². The van der Waals surface area contributed by atoms with Crippen LogP contribution in [-0.2, 0) is 16.1 Å². The third-order valence-electron chi connectivity index (χ3n) is 1.46. The molecular formula is C8H11N3O3. The Morgan fingerprint density at radius 2 is 2.21 bits per heavy atom. The van der Waals surface area contributed by atoms with E-state index in [-0.39, 0.29) is 18.2 Å². The minimum Gasteiger partial charge on any atom is -0.463 e. The van der Waals surface area contributed by atoms with Gasteiger partial charge in [-0.2, -0.15) is 0 Å². The van der Waals surface area contributed by atoms with Crippen LogP contribution in [0.3, 0.4) is 0 Å². The fourth-order valence-corrected chi connectivity index (χ4v) is 0.923. The quantitative estimate of drug-likeness (QED) is 0.686. The van der Waals surface area contributed by atoms with Crippen LogP contribution in [-0.4, -0.2) is 30.2 Å². The number of hydrogen-bond acceptors (Lipinski definition) is 6. The number of carbonyl (C=O) groups is 1. The van der Waals surface area contributed by atoms with Crippen molar-refractivity contribution in [2.24, 2.45) is 0 Å². The molecule has 0 saturated carbocycles. The zero-order valence-electron chi connectivity index (χ0n) is 7.98. The van der Waals surface area contributed by atoms with Crippen molar-refractivity contribution in [1.82, 2.24) is 9.97 Å². The molecule has 2 N–H and O–H groups in total. The van der Waals surface area contributed by atoms with E-state index in [9.17, 15) is 4.79 Å². The Labute approximate surface area is 81.1 Å². The molecule has 0 saturated heterocycles. The highest BCUT2D eigenvalue weighted by molar-refractivity contribution is 5.85. The Balaban J connectivity index is 3.00. The Kier molecular flexibility index (Phi) is 3.35. The molecule has 1 heterocycles. The Morgan fingerprint density at radius 3 is 2.79 bits per heavy atom. The zero-order chi connectivity index (χ0) is 10.6. The predicted octanol–water partition coefficient (Wildman–Crippen LogP) is -0.00820. The number of esters is 1. The molecule has 0 aliphatic carbocycles. The van der Waals surface area contributed by atoms with Crippen LogP contribution in [0, 0.1) is 0 Å². The first-order valence-electron chi connectivity index (χ1n) is 3.88. The number of ether oxygens (including phenoxy) is 2. The third kappa shape index (κ3) is 2.40. The number of nitrogen functional groups attached to an aromatic ring is 1. The second-order valence-electron chi connectivity index (χ2n) is 2.53. The smallest absolute Gasteiger partial charge is 0.376 e. The van der Waals surface area contributed by atoms with Gasteiger partial charge < -0.3 is 15.2 Å². The van der Waals surface area contributed by atoms with E-state index in [1.165, 1.54) is 20.3 Å². The number of rotatable bonds is 3. The summed E-state index contributed by atoms with van der Waals surface area (Å²) in [6, 6.07) is 1.54. The van der Waals surface area contributed by atoms with Crippen LogP contribution in [0.4, 0.5) is 5.82 Å². The van der Waals surface area contributed by atoms with Crippen molar-refractivity contribution in [2.45, 2.75) is 6.61 Å². The van der Waals surface area contributed by atoms with Gasteiger partial charge in [-0.3, -0.25) is 0 Å². The normalized spacial score (nSPS) is 9.86. The second-order valence-corrected chi connectivity index (χ2v) is 2.53. The van der Waals surface area contributed by atoms with Crippen molar-refractivity contribution in [3.63, 3.8) is 0 Å². The lowest BCUT2D eigenvalue weighted by Crippen LogP contribution is -2.11. The van der Waals surface area contributed by atoms with Crippen LogP contribution in [0.1, 0.15) is 16.3 Å². The molecular weight excluding hydrogens is 186 g/mol. The van der Waals surface area contributed by atoms with Gasteiger partial charge in [-0.25, -0.2) is 14.8 Å². The summed E-state index contributed by atoms with van der Waals surface area (Å²) in [6.45, 7) is 0.275. The molecule has 0 bridgehead atoms. The number of methoxy groups -OCH3 is 2. The summed E-state index contributed by atoms with van der Waals surface area (Å²) in [5.74, 6) is -0.457. The third-order valence-corrected chi connectivity index (χ3v) is 1.46. The topological polar surface area (TPSA) is 87.3 Å². The Hall–Kier alpha value is -1.69. The fraction of sp³-hybridized carbons (Fsp3) is 0.375. The zero-order valence-corrected chi connectivity index (χ0v) is 7.98. The molecule has 0 unspecified atom stereocenters. The van der Waals surface area contributed by atoms with E-state index in [1.807, 2.05) is 0 Å². The molecule has 0 aliphatic rings. The Bertz CT molecular complexity index is 341. The highest BCUT2D eigenvalue weighted by atomic mass is 16.5. The van der Waals surface area contributed by atoms with Crippen molar-refractivity contribution in [2.75, 3.05) is 20.0 Å². The largest absolute Gasteiger partial charge is 0.463 e. The number of nitrogens with two attached hydrogens (primary N) is 1. The van der Waals surface area contributed by atoms with Gasteiger partial charge in [0.05, 0.1) is 19.4 Å². The van der Waals surface area contributed by atoms with E-state index >= 15 is 0 Å². The summed E-state index contributed by atoms with van der Waals surface area (Å²) in [6.07, 6.45) is 0. The van der Waals surface area contributed by atoms with Gasteiger partial charge in [-0.05, 0) is 0 Å². The van der Waals surface area contributed by atoms with Gasteiger partial charge in [-0.1, -0.05) is 0 Å². The molecule has 0 atom stereocenters. The maximum absolute atomic E-state index is 11.1. The lowest BCUT2D eigenvalue weighted by Gasteiger charge is -2.03. The van der Waals surface area contributed by atoms with Gasteiger partial charge in [0.15, 0.2) is 0 Å². The maximum Gasteiger partial charge on any atom is 0.376 e. The summed E-state index contributed by atoms with van der Waals surface area (Å²) in [5, 5.41) is 0. The van der Waals surface area contributed by atoms with Crippen molar-refractivity contribution < 1.29 is 14.3 Å². The molecule has 14 heavy (non-hydrogen) atoms. The first-order valence-corrected chi connectivity index (χ1v) is 3.88. The lowest BCUT2D eigenvalue weighted by molar-refractivity contribution is 0.0585. The minimum absolute atomic E-state index is 0.0560. The molecule has 0 aliphatic heterocycles. The van der Waals surface area contributed by atoms with Crippen molar-refractivity contribution in [3.05, 3.63) is 17.6 Å². The number of carbonyl (C=O) groups excluding carboxylic acids is 1. The average Bonchev–Trinajstić information content (AvgIpc) is 2.16. The number of nitrogens with zero attached hydrogens (tertiary/aromatic N) is 2. The van der Waals surface area contributed by atoms with Crippen LogP contribution in [0.2, 0.25) is 0 Å². The van der Waals surface area contributed by atoms with E-state index in [0.717, 1.165) is 0 Å². The van der Waals surface area contributed by atoms with Gasteiger partial charge in [-0.15, -0.1) is 0 Å². The monoisotopic (exact) mass is 197 g/mol. The maximum atomic E-state index is 11.1. The molecule has 1 rings (SSSR count). The minimum atomic E-state index is -0.616.